The number of hydrogen-bond acceptors (Lipinski definition) is 5. The Labute approximate surface area is 136 Å². The summed E-state index contributed by atoms with van der Waals surface area (Å²) in [6.45, 7) is 3.41. The first kappa shape index (κ1) is 17.3. The zero-order valence-electron chi connectivity index (χ0n) is 13.8. The Bertz CT molecular complexity index is 799. The molecule has 1 N–H and O–H groups in total. The van der Waals surface area contributed by atoms with Crippen molar-refractivity contribution in [2.24, 2.45) is 7.05 Å². The minimum Gasteiger partial charge on any atom is -0.497 e. The molecule has 0 amide bonds. The van der Waals surface area contributed by atoms with Crippen LogP contribution in [0.5, 0.6) is 11.5 Å². The van der Waals surface area contributed by atoms with E-state index in [1.165, 1.54) is 18.0 Å². The number of sulfonamides is 1. The topological polar surface area (TPSA) is 82.5 Å². The van der Waals surface area contributed by atoms with Gasteiger partial charge in [0.2, 0.25) is 10.0 Å². The number of nitrogens with one attached hydrogen (secondary N) is 1. The number of methoxy groups -OCH3 is 2. The van der Waals surface area contributed by atoms with Crippen molar-refractivity contribution >= 4 is 10.0 Å². The minimum absolute atomic E-state index is 0.161. The summed E-state index contributed by atoms with van der Waals surface area (Å²) in [6.07, 6.45) is 1.48. The lowest BCUT2D eigenvalue weighted by Crippen LogP contribution is -2.27. The van der Waals surface area contributed by atoms with Gasteiger partial charge in [-0.25, -0.2) is 13.1 Å². The molecule has 2 rings (SSSR count). The Morgan fingerprint density at radius 3 is 2.48 bits per heavy atom. The van der Waals surface area contributed by atoms with E-state index in [1.54, 1.807) is 46.2 Å². The summed E-state index contributed by atoms with van der Waals surface area (Å²) in [7, 11) is 1.08. The van der Waals surface area contributed by atoms with Gasteiger partial charge in [-0.1, -0.05) is 0 Å². The Kier molecular flexibility index (Phi) is 4.96. The number of benzene rings is 1. The average Bonchev–Trinajstić information content (AvgIpc) is 2.85. The smallest absolute Gasteiger partial charge is 0.244 e. The Morgan fingerprint density at radius 2 is 1.96 bits per heavy atom. The van der Waals surface area contributed by atoms with Crippen LogP contribution in [0.25, 0.3) is 0 Å². The zero-order chi connectivity index (χ0) is 17.2. The van der Waals surface area contributed by atoms with Gasteiger partial charge in [-0.3, -0.25) is 4.68 Å². The van der Waals surface area contributed by atoms with Gasteiger partial charge >= 0.3 is 0 Å². The standard InChI is InChI=1S/C15H21N3O4S/c1-10(13-8-12(21-4)6-7-14(13)22-5)17-23(19,20)15-9-18(3)16-11(15)2/h6-10,17H,1-5H3/t10-/m0/s1. The Morgan fingerprint density at radius 1 is 1.26 bits per heavy atom. The molecule has 1 heterocycles. The molecule has 0 saturated carbocycles. The zero-order valence-corrected chi connectivity index (χ0v) is 14.6. The summed E-state index contributed by atoms with van der Waals surface area (Å²) >= 11 is 0. The molecule has 0 aliphatic rings. The summed E-state index contributed by atoms with van der Waals surface area (Å²) in [6, 6.07) is 4.76. The number of ether oxygens (including phenoxy) is 2. The van der Waals surface area contributed by atoms with Crippen molar-refractivity contribution in [1.29, 1.82) is 0 Å². The van der Waals surface area contributed by atoms with Crippen LogP contribution in [0.3, 0.4) is 0 Å². The highest BCUT2D eigenvalue weighted by Gasteiger charge is 2.24. The number of aromatic nitrogens is 2. The Hall–Kier alpha value is -2.06. The maximum atomic E-state index is 12.6. The lowest BCUT2D eigenvalue weighted by molar-refractivity contribution is 0.395. The van der Waals surface area contributed by atoms with Crippen LogP contribution in [-0.2, 0) is 17.1 Å². The van der Waals surface area contributed by atoms with E-state index in [1.807, 2.05) is 0 Å². The van der Waals surface area contributed by atoms with Crippen molar-refractivity contribution in [2.45, 2.75) is 24.8 Å². The summed E-state index contributed by atoms with van der Waals surface area (Å²) in [5.74, 6) is 1.22. The van der Waals surface area contributed by atoms with Crippen LogP contribution in [0.4, 0.5) is 0 Å². The van der Waals surface area contributed by atoms with E-state index in [0.717, 1.165) is 0 Å². The lowest BCUT2D eigenvalue weighted by atomic mass is 10.1. The highest BCUT2D eigenvalue weighted by atomic mass is 32.2. The molecule has 1 aromatic carbocycles. The first-order valence-electron chi connectivity index (χ1n) is 7.03. The molecule has 23 heavy (non-hydrogen) atoms. The van der Waals surface area contributed by atoms with Crippen molar-refractivity contribution < 1.29 is 17.9 Å². The van der Waals surface area contributed by atoms with Gasteiger partial charge in [0.15, 0.2) is 0 Å². The number of hydrogen-bond donors (Lipinski definition) is 1. The van der Waals surface area contributed by atoms with Gasteiger partial charge in [0, 0.05) is 24.8 Å². The van der Waals surface area contributed by atoms with Crippen LogP contribution in [0.15, 0.2) is 29.3 Å². The number of aryl methyl sites for hydroxylation is 2. The summed E-state index contributed by atoms with van der Waals surface area (Å²) in [4.78, 5) is 0.161. The maximum absolute atomic E-state index is 12.6. The highest BCUT2D eigenvalue weighted by Crippen LogP contribution is 2.30. The van der Waals surface area contributed by atoms with Gasteiger partial charge in [-0.05, 0) is 32.0 Å². The molecule has 126 valence electrons. The lowest BCUT2D eigenvalue weighted by Gasteiger charge is -2.18. The van der Waals surface area contributed by atoms with Gasteiger partial charge in [0.25, 0.3) is 0 Å². The van der Waals surface area contributed by atoms with Crippen molar-refractivity contribution in [1.82, 2.24) is 14.5 Å². The molecule has 1 atom stereocenters. The molecule has 0 fully saturated rings. The van der Waals surface area contributed by atoms with Gasteiger partial charge in [-0.2, -0.15) is 5.10 Å². The van der Waals surface area contributed by atoms with Crippen LogP contribution >= 0.6 is 0 Å². The monoisotopic (exact) mass is 339 g/mol. The largest absolute Gasteiger partial charge is 0.497 e. The van der Waals surface area contributed by atoms with Crippen molar-refractivity contribution in [3.63, 3.8) is 0 Å². The van der Waals surface area contributed by atoms with E-state index < -0.39 is 16.1 Å². The third-order valence-corrected chi connectivity index (χ3v) is 5.14. The predicted molar refractivity (Wildman–Crippen MR) is 86.2 cm³/mol. The van der Waals surface area contributed by atoms with E-state index in [-0.39, 0.29) is 4.90 Å². The molecule has 2 aromatic rings. The molecule has 0 aliphatic carbocycles. The normalized spacial score (nSPS) is 12.9. The van der Waals surface area contributed by atoms with Crippen LogP contribution in [0, 0.1) is 6.92 Å². The quantitative estimate of drug-likeness (QED) is 0.867. The minimum atomic E-state index is -3.69. The van der Waals surface area contributed by atoms with Crippen LogP contribution in [-0.4, -0.2) is 32.4 Å². The molecule has 0 aliphatic heterocycles. The van der Waals surface area contributed by atoms with Gasteiger partial charge < -0.3 is 9.47 Å². The maximum Gasteiger partial charge on any atom is 0.244 e. The van der Waals surface area contributed by atoms with E-state index >= 15 is 0 Å². The summed E-state index contributed by atoms with van der Waals surface area (Å²) < 4.78 is 39.8. The molecule has 0 unspecified atom stereocenters. The molecule has 0 bridgehead atoms. The van der Waals surface area contributed by atoms with Gasteiger partial charge in [0.05, 0.1) is 19.9 Å². The van der Waals surface area contributed by atoms with Crippen LogP contribution < -0.4 is 14.2 Å². The second kappa shape index (κ2) is 6.59. The van der Waals surface area contributed by atoms with E-state index in [0.29, 0.717) is 22.8 Å². The summed E-state index contributed by atoms with van der Waals surface area (Å²) in [5.41, 5.74) is 1.14. The second-order valence-corrected chi connectivity index (χ2v) is 6.89. The molecule has 0 spiro atoms. The average molecular weight is 339 g/mol. The van der Waals surface area contributed by atoms with Crippen LogP contribution in [0.2, 0.25) is 0 Å². The highest BCUT2D eigenvalue weighted by molar-refractivity contribution is 7.89. The molecule has 7 nitrogen and oxygen atoms in total. The molecular weight excluding hydrogens is 318 g/mol. The molecule has 1 aromatic heterocycles. The van der Waals surface area contributed by atoms with E-state index in [4.69, 9.17) is 9.47 Å². The first-order chi connectivity index (χ1) is 10.8. The van der Waals surface area contributed by atoms with E-state index in [2.05, 4.69) is 9.82 Å². The first-order valence-corrected chi connectivity index (χ1v) is 8.51. The van der Waals surface area contributed by atoms with Crippen LogP contribution in [0.1, 0.15) is 24.2 Å². The third kappa shape index (κ3) is 3.65. The van der Waals surface area contributed by atoms with Crippen molar-refractivity contribution in [3.8, 4) is 11.5 Å². The fraction of sp³-hybridized carbons (Fsp3) is 0.400. The van der Waals surface area contributed by atoms with Gasteiger partial charge in [-0.15, -0.1) is 0 Å². The fourth-order valence-electron chi connectivity index (χ4n) is 2.38. The molecule has 8 heteroatoms. The molecule has 0 saturated heterocycles. The Balaban J connectivity index is 2.34. The molecule has 0 radical (unpaired) electrons. The molecular formula is C15H21N3O4S. The van der Waals surface area contributed by atoms with Gasteiger partial charge in [0.1, 0.15) is 16.4 Å². The van der Waals surface area contributed by atoms with E-state index in [9.17, 15) is 8.42 Å². The fourth-order valence-corrected chi connectivity index (χ4v) is 3.82. The SMILES string of the molecule is COc1ccc(OC)c([C@H](C)NS(=O)(=O)c2cn(C)nc2C)c1. The van der Waals surface area contributed by atoms with Crippen molar-refractivity contribution in [2.75, 3.05) is 14.2 Å². The number of nitrogens with zero attached hydrogens (tertiary/aromatic N) is 2. The number of rotatable bonds is 6. The third-order valence-electron chi connectivity index (χ3n) is 3.49. The second-order valence-electron chi connectivity index (χ2n) is 5.20. The predicted octanol–water partition coefficient (Wildman–Crippen LogP) is 1.79. The summed E-state index contributed by atoms with van der Waals surface area (Å²) in [5, 5.41) is 4.07. The van der Waals surface area contributed by atoms with Crippen molar-refractivity contribution in [3.05, 3.63) is 35.7 Å².